The predicted molar refractivity (Wildman–Crippen MR) is 79.7 cm³/mol. The van der Waals surface area contributed by atoms with Crippen LogP contribution in [0.25, 0.3) is 0 Å². The molecule has 0 saturated carbocycles. The van der Waals surface area contributed by atoms with Crippen LogP contribution in [0.2, 0.25) is 0 Å². The number of aryl methyl sites for hydroxylation is 3. The average Bonchev–Trinajstić information content (AvgIpc) is 2.49. The standard InChI is InChI=1S/C15H18N4S/c1-10-8-17-15(18-9-10)20-14-12(7-16)6-11-4-2-3-5-13(11)19-14/h6,8-9H,2-5,7,16H2,1H3. The van der Waals surface area contributed by atoms with E-state index in [2.05, 4.69) is 16.0 Å². The SMILES string of the molecule is Cc1cnc(Sc2nc3c(cc2CN)CCCC3)nc1. The molecule has 2 aromatic heterocycles. The Morgan fingerprint density at radius 2 is 1.95 bits per heavy atom. The molecule has 1 aliphatic rings. The maximum atomic E-state index is 5.87. The molecule has 0 radical (unpaired) electrons. The van der Waals surface area contributed by atoms with Crippen molar-refractivity contribution < 1.29 is 0 Å². The molecule has 0 spiro atoms. The quantitative estimate of drug-likeness (QED) is 0.879. The summed E-state index contributed by atoms with van der Waals surface area (Å²) >= 11 is 1.51. The highest BCUT2D eigenvalue weighted by molar-refractivity contribution is 7.99. The molecule has 0 aromatic carbocycles. The first-order valence-corrected chi connectivity index (χ1v) is 7.76. The van der Waals surface area contributed by atoms with Crippen LogP contribution in [-0.4, -0.2) is 15.0 Å². The van der Waals surface area contributed by atoms with E-state index in [1.54, 1.807) is 0 Å². The largest absolute Gasteiger partial charge is 0.326 e. The molecule has 0 unspecified atom stereocenters. The Bertz CT molecular complexity index is 610. The van der Waals surface area contributed by atoms with Gasteiger partial charge in [0.2, 0.25) is 0 Å². The van der Waals surface area contributed by atoms with Crippen molar-refractivity contribution in [2.45, 2.75) is 49.3 Å². The van der Waals surface area contributed by atoms with E-state index in [4.69, 9.17) is 10.7 Å². The second-order valence-electron chi connectivity index (χ2n) is 5.11. The van der Waals surface area contributed by atoms with Crippen molar-refractivity contribution in [1.29, 1.82) is 0 Å². The first-order valence-electron chi connectivity index (χ1n) is 6.94. The van der Waals surface area contributed by atoms with Gasteiger partial charge in [-0.1, -0.05) is 6.07 Å². The normalized spacial score (nSPS) is 14.1. The number of fused-ring (bicyclic) bond motifs is 1. The third-order valence-corrected chi connectivity index (χ3v) is 4.45. The third-order valence-electron chi connectivity index (χ3n) is 3.51. The van der Waals surface area contributed by atoms with Crippen molar-refractivity contribution in [2.75, 3.05) is 0 Å². The van der Waals surface area contributed by atoms with Crippen molar-refractivity contribution in [3.63, 3.8) is 0 Å². The highest BCUT2D eigenvalue weighted by Crippen LogP contribution is 2.30. The van der Waals surface area contributed by atoms with E-state index in [1.165, 1.54) is 35.9 Å². The minimum Gasteiger partial charge on any atom is -0.326 e. The van der Waals surface area contributed by atoms with Crippen LogP contribution in [0.15, 0.2) is 28.6 Å². The zero-order valence-corrected chi connectivity index (χ0v) is 12.4. The second kappa shape index (κ2) is 5.89. The van der Waals surface area contributed by atoms with Crippen LogP contribution in [0.5, 0.6) is 0 Å². The lowest BCUT2D eigenvalue weighted by Crippen LogP contribution is -2.10. The highest BCUT2D eigenvalue weighted by Gasteiger charge is 2.15. The monoisotopic (exact) mass is 286 g/mol. The lowest BCUT2D eigenvalue weighted by Gasteiger charge is -2.17. The Hall–Kier alpha value is -1.46. The van der Waals surface area contributed by atoms with Gasteiger partial charge in [-0.25, -0.2) is 15.0 Å². The number of hydrogen-bond acceptors (Lipinski definition) is 5. The van der Waals surface area contributed by atoms with Gasteiger partial charge in [0, 0.05) is 24.6 Å². The van der Waals surface area contributed by atoms with E-state index in [0.29, 0.717) is 6.54 Å². The van der Waals surface area contributed by atoms with Gasteiger partial charge >= 0.3 is 0 Å². The summed E-state index contributed by atoms with van der Waals surface area (Å²) < 4.78 is 0. The molecule has 3 rings (SSSR count). The molecule has 0 fully saturated rings. The molecule has 0 bridgehead atoms. The molecule has 1 aliphatic carbocycles. The van der Waals surface area contributed by atoms with Gasteiger partial charge in [0.1, 0.15) is 5.03 Å². The fraction of sp³-hybridized carbons (Fsp3) is 0.400. The van der Waals surface area contributed by atoms with E-state index in [1.807, 2.05) is 19.3 Å². The Labute approximate surface area is 123 Å². The van der Waals surface area contributed by atoms with Crippen molar-refractivity contribution in [3.8, 4) is 0 Å². The van der Waals surface area contributed by atoms with Crippen molar-refractivity contribution >= 4 is 11.8 Å². The molecule has 104 valence electrons. The van der Waals surface area contributed by atoms with E-state index >= 15 is 0 Å². The molecule has 0 aliphatic heterocycles. The smallest absolute Gasteiger partial charge is 0.193 e. The summed E-state index contributed by atoms with van der Waals surface area (Å²) in [6, 6.07) is 2.22. The van der Waals surface area contributed by atoms with Crippen LogP contribution in [0.1, 0.15) is 35.2 Å². The van der Waals surface area contributed by atoms with Gasteiger partial charge in [-0.05, 0) is 61.1 Å². The molecular formula is C15H18N4S. The van der Waals surface area contributed by atoms with Gasteiger partial charge in [0.15, 0.2) is 5.16 Å². The number of hydrogen-bond donors (Lipinski definition) is 1. The second-order valence-corrected chi connectivity index (χ2v) is 6.07. The van der Waals surface area contributed by atoms with Crippen LogP contribution in [0.4, 0.5) is 0 Å². The summed E-state index contributed by atoms with van der Waals surface area (Å²) in [7, 11) is 0. The Balaban J connectivity index is 1.93. The van der Waals surface area contributed by atoms with Crippen molar-refractivity contribution in [2.24, 2.45) is 5.73 Å². The lowest BCUT2D eigenvalue weighted by atomic mass is 9.95. The topological polar surface area (TPSA) is 64.7 Å². The zero-order chi connectivity index (χ0) is 13.9. The van der Waals surface area contributed by atoms with Gasteiger partial charge in [-0.15, -0.1) is 0 Å². The Morgan fingerprint density at radius 3 is 2.70 bits per heavy atom. The fourth-order valence-corrected chi connectivity index (χ4v) is 3.23. The number of nitrogens with zero attached hydrogens (tertiary/aromatic N) is 3. The lowest BCUT2D eigenvalue weighted by molar-refractivity contribution is 0.656. The molecular weight excluding hydrogens is 268 g/mol. The first kappa shape index (κ1) is 13.5. The maximum Gasteiger partial charge on any atom is 0.193 e. The summed E-state index contributed by atoms with van der Waals surface area (Å²) in [6.07, 6.45) is 8.34. The minimum absolute atomic E-state index is 0.508. The molecule has 20 heavy (non-hydrogen) atoms. The van der Waals surface area contributed by atoms with Gasteiger partial charge in [0.25, 0.3) is 0 Å². The van der Waals surface area contributed by atoms with Crippen LogP contribution in [0, 0.1) is 6.92 Å². The van der Waals surface area contributed by atoms with E-state index in [9.17, 15) is 0 Å². The third kappa shape index (κ3) is 2.83. The molecule has 2 heterocycles. The highest BCUT2D eigenvalue weighted by atomic mass is 32.2. The van der Waals surface area contributed by atoms with Crippen molar-refractivity contribution in [3.05, 3.63) is 40.8 Å². The molecule has 4 nitrogen and oxygen atoms in total. The Kier molecular flexibility index (Phi) is 3.98. The fourth-order valence-electron chi connectivity index (χ4n) is 2.42. The van der Waals surface area contributed by atoms with Gasteiger partial charge in [0.05, 0.1) is 0 Å². The van der Waals surface area contributed by atoms with Gasteiger partial charge < -0.3 is 5.73 Å². The molecule has 2 aromatic rings. The van der Waals surface area contributed by atoms with E-state index in [0.717, 1.165) is 34.2 Å². The zero-order valence-electron chi connectivity index (χ0n) is 11.6. The minimum atomic E-state index is 0.508. The first-order chi connectivity index (χ1) is 9.76. The number of rotatable bonds is 3. The van der Waals surface area contributed by atoms with Gasteiger partial charge in [-0.2, -0.15) is 0 Å². The molecule has 0 amide bonds. The summed E-state index contributed by atoms with van der Waals surface area (Å²) in [5.74, 6) is 0. The van der Waals surface area contributed by atoms with Crippen molar-refractivity contribution in [1.82, 2.24) is 15.0 Å². The number of pyridine rings is 1. The summed E-state index contributed by atoms with van der Waals surface area (Å²) in [6.45, 7) is 2.49. The average molecular weight is 286 g/mol. The van der Waals surface area contributed by atoms with Crippen LogP contribution in [-0.2, 0) is 19.4 Å². The maximum absolute atomic E-state index is 5.87. The number of aromatic nitrogens is 3. The van der Waals surface area contributed by atoms with Crippen LogP contribution < -0.4 is 5.73 Å². The molecule has 5 heteroatoms. The Morgan fingerprint density at radius 1 is 1.20 bits per heavy atom. The molecule has 2 N–H and O–H groups in total. The van der Waals surface area contributed by atoms with E-state index < -0.39 is 0 Å². The van der Waals surface area contributed by atoms with Crippen LogP contribution >= 0.6 is 11.8 Å². The van der Waals surface area contributed by atoms with E-state index in [-0.39, 0.29) is 0 Å². The molecule has 0 atom stereocenters. The van der Waals surface area contributed by atoms with Crippen LogP contribution in [0.3, 0.4) is 0 Å². The van der Waals surface area contributed by atoms with Gasteiger partial charge in [-0.3, -0.25) is 0 Å². The summed E-state index contributed by atoms with van der Waals surface area (Å²) in [4.78, 5) is 13.5. The summed E-state index contributed by atoms with van der Waals surface area (Å²) in [5, 5.41) is 1.69. The molecule has 0 saturated heterocycles. The summed E-state index contributed by atoms with van der Waals surface area (Å²) in [5.41, 5.74) is 10.6. The predicted octanol–water partition coefficient (Wildman–Crippen LogP) is 2.67. The number of nitrogens with two attached hydrogens (primary N) is 1.